The van der Waals surface area contributed by atoms with Crippen molar-refractivity contribution in [1.29, 1.82) is 0 Å². The molecule has 0 radical (unpaired) electrons. The van der Waals surface area contributed by atoms with E-state index < -0.39 is 0 Å². The largest absolute Gasteiger partial charge is 0.354 e. The maximum atomic E-state index is 4.67. The Hall–Kier alpha value is -1.46. The van der Waals surface area contributed by atoms with Crippen molar-refractivity contribution in [3.05, 3.63) is 41.0 Å². The molecule has 3 rings (SSSR count). The highest BCUT2D eigenvalue weighted by Crippen LogP contribution is 2.21. The summed E-state index contributed by atoms with van der Waals surface area (Å²) < 4.78 is 1.04. The lowest BCUT2D eigenvalue weighted by atomic mass is 10.2. The van der Waals surface area contributed by atoms with Gasteiger partial charge < -0.3 is 10.2 Å². The third-order valence-electron chi connectivity index (χ3n) is 3.16. The van der Waals surface area contributed by atoms with Gasteiger partial charge in [0, 0.05) is 42.4 Å². The number of halogens is 1. The third-order valence-corrected chi connectivity index (χ3v) is 3.66. The van der Waals surface area contributed by atoms with Crippen LogP contribution < -0.4 is 10.2 Å². The van der Waals surface area contributed by atoms with E-state index in [9.17, 15) is 0 Å². The first-order valence-electron chi connectivity index (χ1n) is 6.37. The molecule has 1 aromatic carbocycles. The van der Waals surface area contributed by atoms with Crippen molar-refractivity contribution < 1.29 is 0 Å². The molecule has 1 fully saturated rings. The molecule has 19 heavy (non-hydrogen) atoms. The second-order valence-electron chi connectivity index (χ2n) is 4.49. The maximum absolute atomic E-state index is 4.67. The number of hydrogen-bond acceptors (Lipinski definition) is 4. The maximum Gasteiger partial charge on any atom is 0.161 e. The van der Waals surface area contributed by atoms with Crippen molar-refractivity contribution >= 4 is 21.7 Å². The highest BCUT2D eigenvalue weighted by atomic mass is 79.9. The van der Waals surface area contributed by atoms with E-state index in [1.54, 1.807) is 0 Å². The van der Waals surface area contributed by atoms with Crippen LogP contribution in [0.1, 0.15) is 0 Å². The fraction of sp³-hybridized carbons (Fsp3) is 0.286. The summed E-state index contributed by atoms with van der Waals surface area (Å²) in [6, 6.07) is 10.1. The van der Waals surface area contributed by atoms with E-state index in [0.29, 0.717) is 0 Å². The molecule has 4 nitrogen and oxygen atoms in total. The molecule has 0 bridgehead atoms. The van der Waals surface area contributed by atoms with Crippen LogP contribution in [0.2, 0.25) is 0 Å². The molecule has 0 unspecified atom stereocenters. The number of aromatic nitrogens is 2. The Bertz CT molecular complexity index is 567. The molecule has 0 spiro atoms. The van der Waals surface area contributed by atoms with Crippen molar-refractivity contribution in [2.45, 2.75) is 0 Å². The Labute approximate surface area is 121 Å². The van der Waals surface area contributed by atoms with Gasteiger partial charge in [-0.05, 0) is 18.2 Å². The third kappa shape index (κ3) is 2.93. The summed E-state index contributed by atoms with van der Waals surface area (Å²) in [6.45, 7) is 4.01. The molecule has 5 heteroatoms. The van der Waals surface area contributed by atoms with E-state index in [1.165, 1.54) is 0 Å². The molecule has 2 aromatic rings. The predicted molar refractivity (Wildman–Crippen MR) is 80.3 cm³/mol. The lowest BCUT2D eigenvalue weighted by Gasteiger charge is -2.28. The number of piperazine rings is 1. The fourth-order valence-corrected chi connectivity index (χ4v) is 2.59. The summed E-state index contributed by atoms with van der Waals surface area (Å²) in [5.74, 6) is 1.78. The molecule has 1 aromatic heterocycles. The Morgan fingerprint density at radius 2 is 2.00 bits per heavy atom. The fourth-order valence-electron chi connectivity index (χ4n) is 2.19. The lowest BCUT2D eigenvalue weighted by Crippen LogP contribution is -2.43. The van der Waals surface area contributed by atoms with E-state index >= 15 is 0 Å². The van der Waals surface area contributed by atoms with Crippen molar-refractivity contribution in [3.63, 3.8) is 0 Å². The van der Waals surface area contributed by atoms with Crippen LogP contribution in [0.5, 0.6) is 0 Å². The zero-order chi connectivity index (χ0) is 13.1. The molecule has 0 amide bonds. The van der Waals surface area contributed by atoms with Crippen LogP contribution in [0.3, 0.4) is 0 Å². The first-order valence-corrected chi connectivity index (χ1v) is 7.17. The molecular weight excluding hydrogens is 304 g/mol. The van der Waals surface area contributed by atoms with Gasteiger partial charge in [-0.15, -0.1) is 0 Å². The molecule has 0 saturated carbocycles. The predicted octanol–water partition coefficient (Wildman–Crippen LogP) is 2.32. The molecule has 2 heterocycles. The van der Waals surface area contributed by atoms with Gasteiger partial charge in [0.25, 0.3) is 0 Å². The lowest BCUT2D eigenvalue weighted by molar-refractivity contribution is 0.585. The number of rotatable bonds is 2. The van der Waals surface area contributed by atoms with Crippen LogP contribution in [0, 0.1) is 0 Å². The van der Waals surface area contributed by atoms with Gasteiger partial charge in [0.1, 0.15) is 5.82 Å². The number of anilines is 1. The van der Waals surface area contributed by atoms with Gasteiger partial charge >= 0.3 is 0 Å². The van der Waals surface area contributed by atoms with E-state index in [-0.39, 0.29) is 0 Å². The molecule has 1 aliphatic heterocycles. The van der Waals surface area contributed by atoms with Gasteiger partial charge in [-0.25, -0.2) is 9.97 Å². The number of nitrogens with one attached hydrogen (secondary N) is 1. The summed E-state index contributed by atoms with van der Waals surface area (Å²) in [5.41, 5.74) is 1.03. The van der Waals surface area contributed by atoms with Crippen molar-refractivity contribution in [2.75, 3.05) is 31.1 Å². The molecule has 1 saturated heterocycles. The molecule has 0 atom stereocenters. The topological polar surface area (TPSA) is 41.1 Å². The molecule has 98 valence electrons. The Kier molecular flexibility index (Phi) is 3.75. The van der Waals surface area contributed by atoms with Crippen LogP contribution in [-0.2, 0) is 0 Å². The monoisotopic (exact) mass is 318 g/mol. The summed E-state index contributed by atoms with van der Waals surface area (Å²) in [5, 5.41) is 3.35. The standard InChI is InChI=1S/C14H15BrN4/c15-12-3-1-2-11(10-12)14-17-5-4-13(18-14)19-8-6-16-7-9-19/h1-5,10,16H,6-9H2. The summed E-state index contributed by atoms with van der Waals surface area (Å²) >= 11 is 3.48. The van der Waals surface area contributed by atoms with Gasteiger partial charge in [0.15, 0.2) is 5.82 Å². The Morgan fingerprint density at radius 1 is 1.16 bits per heavy atom. The van der Waals surface area contributed by atoms with Crippen LogP contribution in [-0.4, -0.2) is 36.1 Å². The second-order valence-corrected chi connectivity index (χ2v) is 5.40. The van der Waals surface area contributed by atoms with Crippen LogP contribution in [0.25, 0.3) is 11.4 Å². The van der Waals surface area contributed by atoms with Crippen LogP contribution in [0.15, 0.2) is 41.0 Å². The van der Waals surface area contributed by atoms with Gasteiger partial charge in [0.05, 0.1) is 0 Å². The highest BCUT2D eigenvalue weighted by Gasteiger charge is 2.12. The second kappa shape index (κ2) is 5.67. The Morgan fingerprint density at radius 3 is 2.79 bits per heavy atom. The average molecular weight is 319 g/mol. The molecular formula is C14H15BrN4. The molecule has 0 aliphatic carbocycles. The summed E-state index contributed by atoms with van der Waals surface area (Å²) in [7, 11) is 0. The first kappa shape index (κ1) is 12.6. The quantitative estimate of drug-likeness (QED) is 0.922. The first-order chi connectivity index (χ1) is 9.33. The number of hydrogen-bond donors (Lipinski definition) is 1. The molecule has 1 aliphatic rings. The average Bonchev–Trinajstić information content (AvgIpc) is 2.48. The van der Waals surface area contributed by atoms with Crippen LogP contribution >= 0.6 is 15.9 Å². The minimum absolute atomic E-state index is 0.775. The van der Waals surface area contributed by atoms with Gasteiger partial charge in [-0.2, -0.15) is 0 Å². The van der Waals surface area contributed by atoms with E-state index in [1.807, 2.05) is 36.5 Å². The summed E-state index contributed by atoms with van der Waals surface area (Å²) in [6.07, 6.45) is 1.83. The van der Waals surface area contributed by atoms with E-state index in [2.05, 4.69) is 36.1 Å². The highest BCUT2D eigenvalue weighted by molar-refractivity contribution is 9.10. The van der Waals surface area contributed by atoms with Crippen molar-refractivity contribution in [1.82, 2.24) is 15.3 Å². The number of nitrogens with zero attached hydrogens (tertiary/aromatic N) is 3. The minimum Gasteiger partial charge on any atom is -0.354 e. The van der Waals surface area contributed by atoms with E-state index in [0.717, 1.165) is 47.9 Å². The van der Waals surface area contributed by atoms with Crippen molar-refractivity contribution in [3.8, 4) is 11.4 Å². The zero-order valence-electron chi connectivity index (χ0n) is 10.5. The minimum atomic E-state index is 0.775. The molecule has 1 N–H and O–H groups in total. The van der Waals surface area contributed by atoms with Gasteiger partial charge in [-0.1, -0.05) is 28.1 Å². The smallest absolute Gasteiger partial charge is 0.161 e. The SMILES string of the molecule is Brc1cccc(-c2nccc(N3CCNCC3)n2)c1. The van der Waals surface area contributed by atoms with Crippen molar-refractivity contribution in [2.24, 2.45) is 0 Å². The van der Waals surface area contributed by atoms with Gasteiger partial charge in [0.2, 0.25) is 0 Å². The van der Waals surface area contributed by atoms with E-state index in [4.69, 9.17) is 0 Å². The van der Waals surface area contributed by atoms with Gasteiger partial charge in [-0.3, -0.25) is 0 Å². The normalized spacial score (nSPS) is 15.5. The zero-order valence-corrected chi connectivity index (χ0v) is 12.1. The summed E-state index contributed by atoms with van der Waals surface area (Å²) in [4.78, 5) is 11.3. The number of benzene rings is 1. The van der Waals surface area contributed by atoms with Crippen LogP contribution in [0.4, 0.5) is 5.82 Å². The Balaban J connectivity index is 1.91.